The largest absolute Gasteiger partial charge is 0.385 e. The maximum Gasteiger partial charge on any atom is 0.168 e. The Kier molecular flexibility index (Phi) is 3.97. The van der Waals surface area contributed by atoms with Gasteiger partial charge in [0.05, 0.1) is 12.2 Å². The lowest BCUT2D eigenvalue weighted by molar-refractivity contribution is 0.685. The Morgan fingerprint density at radius 2 is 2.26 bits per heavy atom. The van der Waals surface area contributed by atoms with Gasteiger partial charge in [-0.3, -0.25) is 4.99 Å². The van der Waals surface area contributed by atoms with Crippen molar-refractivity contribution in [1.82, 2.24) is 0 Å². The zero-order chi connectivity index (χ0) is 13.1. The number of hydrogen-bond acceptors (Lipinski definition) is 4. The van der Waals surface area contributed by atoms with Crippen molar-refractivity contribution in [3.63, 3.8) is 0 Å². The lowest BCUT2D eigenvalue weighted by Crippen LogP contribution is -2.20. The molecule has 0 saturated heterocycles. The Morgan fingerprint density at radius 1 is 1.32 bits per heavy atom. The summed E-state index contributed by atoms with van der Waals surface area (Å²) in [5.74, 6) is 0. The average molecular weight is 275 g/mol. The first-order valence-electron chi connectivity index (χ1n) is 7.26. The second-order valence-corrected chi connectivity index (χ2v) is 6.10. The first kappa shape index (κ1) is 12.9. The summed E-state index contributed by atoms with van der Waals surface area (Å²) in [6.07, 6.45) is 5.23. The van der Waals surface area contributed by atoms with Crippen molar-refractivity contribution in [2.45, 2.75) is 37.5 Å². The number of unbranched alkanes of at least 4 members (excludes halogenated alkanes) is 3. The first-order chi connectivity index (χ1) is 9.38. The van der Waals surface area contributed by atoms with E-state index < -0.39 is 0 Å². The number of benzene rings is 1. The van der Waals surface area contributed by atoms with Crippen LogP contribution >= 0.6 is 11.8 Å². The molecule has 0 aromatic heterocycles. The molecule has 0 radical (unpaired) electrons. The summed E-state index contributed by atoms with van der Waals surface area (Å²) >= 11 is 1.80. The van der Waals surface area contributed by atoms with Crippen molar-refractivity contribution < 1.29 is 0 Å². The van der Waals surface area contributed by atoms with Crippen molar-refractivity contribution >= 4 is 28.3 Å². The summed E-state index contributed by atoms with van der Waals surface area (Å²) in [5, 5.41) is 4.70. The Balaban J connectivity index is 1.58. The van der Waals surface area contributed by atoms with Crippen LogP contribution in [0.4, 0.5) is 11.4 Å². The van der Waals surface area contributed by atoms with E-state index in [1.165, 1.54) is 47.1 Å². The summed E-state index contributed by atoms with van der Waals surface area (Å²) in [7, 11) is 0. The Morgan fingerprint density at radius 3 is 3.16 bits per heavy atom. The van der Waals surface area contributed by atoms with Crippen LogP contribution < -0.4 is 10.2 Å². The monoisotopic (exact) mass is 275 g/mol. The molecule has 1 aromatic rings. The number of thioether (sulfide) groups is 1. The van der Waals surface area contributed by atoms with E-state index in [-0.39, 0.29) is 0 Å². The predicted molar refractivity (Wildman–Crippen MR) is 84.6 cm³/mol. The minimum absolute atomic E-state index is 0.944. The van der Waals surface area contributed by atoms with E-state index >= 15 is 0 Å². The Hall–Kier alpha value is -1.16. The van der Waals surface area contributed by atoms with Gasteiger partial charge in [0.2, 0.25) is 0 Å². The number of amidine groups is 1. The number of nitrogens with one attached hydrogen (secondary N) is 1. The standard InChI is InChI=1S/C15H21N3S/c1-2-3-4-5-8-16-12-6-7-13-14(11-12)19-15-17-9-10-18(13)15/h6-7,11,16H,2-5,8-10H2,1H3. The van der Waals surface area contributed by atoms with Gasteiger partial charge >= 0.3 is 0 Å². The van der Waals surface area contributed by atoms with Gasteiger partial charge in [-0.25, -0.2) is 0 Å². The van der Waals surface area contributed by atoms with Gasteiger partial charge in [-0.2, -0.15) is 0 Å². The molecule has 102 valence electrons. The fraction of sp³-hybridized carbons (Fsp3) is 0.533. The third-order valence-corrected chi connectivity index (χ3v) is 4.69. The highest BCUT2D eigenvalue weighted by molar-refractivity contribution is 8.14. The topological polar surface area (TPSA) is 27.6 Å². The lowest BCUT2D eigenvalue weighted by atomic mass is 10.2. The van der Waals surface area contributed by atoms with Gasteiger partial charge in [-0.05, 0) is 36.4 Å². The van der Waals surface area contributed by atoms with Gasteiger partial charge in [0.25, 0.3) is 0 Å². The third kappa shape index (κ3) is 2.73. The fourth-order valence-corrected chi connectivity index (χ4v) is 3.67. The molecule has 3 rings (SSSR count). The first-order valence-corrected chi connectivity index (χ1v) is 8.08. The fourth-order valence-electron chi connectivity index (χ4n) is 2.55. The molecule has 1 N–H and O–H groups in total. The highest BCUT2D eigenvalue weighted by Gasteiger charge is 2.29. The molecule has 2 aliphatic heterocycles. The van der Waals surface area contributed by atoms with Crippen LogP contribution in [-0.4, -0.2) is 24.8 Å². The minimum Gasteiger partial charge on any atom is -0.385 e. The second-order valence-electron chi connectivity index (χ2n) is 5.09. The van der Waals surface area contributed by atoms with Crippen LogP contribution in [0.25, 0.3) is 0 Å². The number of nitrogens with zero attached hydrogens (tertiary/aromatic N) is 2. The number of anilines is 2. The molecule has 1 aromatic carbocycles. The SMILES string of the molecule is CCCCCCNc1ccc2c(c1)SC1=NCCN12. The van der Waals surface area contributed by atoms with Crippen LogP contribution in [0, 0.1) is 0 Å². The van der Waals surface area contributed by atoms with E-state index in [1.54, 1.807) is 11.8 Å². The molecule has 2 heterocycles. The van der Waals surface area contributed by atoms with Gasteiger partial charge in [-0.15, -0.1) is 0 Å². The molecule has 2 aliphatic rings. The molecule has 0 bridgehead atoms. The van der Waals surface area contributed by atoms with Crippen molar-refractivity contribution in [1.29, 1.82) is 0 Å². The second kappa shape index (κ2) is 5.87. The smallest absolute Gasteiger partial charge is 0.168 e. The summed E-state index contributed by atoms with van der Waals surface area (Å²) in [6.45, 7) is 5.31. The Bertz CT molecular complexity index is 484. The number of rotatable bonds is 6. The average Bonchev–Trinajstić information content (AvgIpc) is 2.98. The van der Waals surface area contributed by atoms with Gasteiger partial charge in [0, 0.05) is 23.7 Å². The van der Waals surface area contributed by atoms with E-state index in [9.17, 15) is 0 Å². The molecule has 0 spiro atoms. The van der Waals surface area contributed by atoms with Gasteiger partial charge < -0.3 is 10.2 Å². The van der Waals surface area contributed by atoms with E-state index in [0.717, 1.165) is 19.6 Å². The summed E-state index contributed by atoms with van der Waals surface area (Å²) in [5.41, 5.74) is 2.57. The minimum atomic E-state index is 0.944. The normalized spacial score (nSPS) is 16.3. The zero-order valence-electron chi connectivity index (χ0n) is 11.5. The van der Waals surface area contributed by atoms with Crippen molar-refractivity contribution in [2.24, 2.45) is 4.99 Å². The van der Waals surface area contributed by atoms with Gasteiger partial charge in [-0.1, -0.05) is 26.2 Å². The lowest BCUT2D eigenvalue weighted by Gasteiger charge is -2.13. The summed E-state index contributed by atoms with van der Waals surface area (Å²) in [6, 6.07) is 6.69. The maximum atomic E-state index is 4.52. The van der Waals surface area contributed by atoms with Crippen molar-refractivity contribution in [3.8, 4) is 0 Å². The van der Waals surface area contributed by atoms with Crippen LogP contribution in [0.5, 0.6) is 0 Å². The molecular weight excluding hydrogens is 254 g/mol. The third-order valence-electron chi connectivity index (χ3n) is 3.61. The van der Waals surface area contributed by atoms with Crippen molar-refractivity contribution in [2.75, 3.05) is 29.9 Å². The van der Waals surface area contributed by atoms with Crippen LogP contribution in [-0.2, 0) is 0 Å². The Labute approximate surface area is 119 Å². The summed E-state index contributed by atoms with van der Waals surface area (Å²) in [4.78, 5) is 8.19. The van der Waals surface area contributed by atoms with E-state index in [2.05, 4.69) is 40.3 Å². The molecule has 19 heavy (non-hydrogen) atoms. The number of fused-ring (bicyclic) bond motifs is 3. The molecule has 0 amide bonds. The predicted octanol–water partition coefficient (Wildman–Crippen LogP) is 3.96. The van der Waals surface area contributed by atoms with Crippen LogP contribution in [0.15, 0.2) is 28.1 Å². The van der Waals surface area contributed by atoms with E-state index in [4.69, 9.17) is 0 Å². The van der Waals surface area contributed by atoms with E-state index in [1.807, 2.05) is 0 Å². The zero-order valence-corrected chi connectivity index (χ0v) is 12.3. The van der Waals surface area contributed by atoms with E-state index in [0.29, 0.717) is 0 Å². The maximum absolute atomic E-state index is 4.52. The molecule has 0 saturated carbocycles. The van der Waals surface area contributed by atoms with Gasteiger partial charge in [0.1, 0.15) is 0 Å². The van der Waals surface area contributed by atoms with Crippen molar-refractivity contribution in [3.05, 3.63) is 18.2 Å². The molecule has 0 aliphatic carbocycles. The van der Waals surface area contributed by atoms with Crippen LogP contribution in [0.3, 0.4) is 0 Å². The quantitative estimate of drug-likeness (QED) is 0.796. The van der Waals surface area contributed by atoms with Crippen LogP contribution in [0.1, 0.15) is 32.6 Å². The number of hydrogen-bond donors (Lipinski definition) is 1. The van der Waals surface area contributed by atoms with Gasteiger partial charge in [0.15, 0.2) is 5.17 Å². The molecule has 4 heteroatoms. The molecule has 0 fully saturated rings. The van der Waals surface area contributed by atoms with Crippen LogP contribution in [0.2, 0.25) is 0 Å². The highest BCUT2D eigenvalue weighted by atomic mass is 32.2. The molecule has 0 atom stereocenters. The molecular formula is C15H21N3S. The highest BCUT2D eigenvalue weighted by Crippen LogP contribution is 2.43. The molecule has 3 nitrogen and oxygen atoms in total. The number of aliphatic imine (C=N–C) groups is 1. The molecule has 0 unspecified atom stereocenters. The summed E-state index contributed by atoms with van der Waals surface area (Å²) < 4.78 is 0.